The normalized spacial score (nSPS) is 10.4. The van der Waals surface area contributed by atoms with Crippen LogP contribution < -0.4 is 4.74 Å². The van der Waals surface area contributed by atoms with Crippen LogP contribution >= 0.6 is 43.5 Å². The van der Waals surface area contributed by atoms with Gasteiger partial charge in [-0.05, 0) is 52.3 Å². The highest BCUT2D eigenvalue weighted by atomic mass is 79.9. The van der Waals surface area contributed by atoms with Crippen molar-refractivity contribution in [2.45, 2.75) is 5.33 Å². The highest BCUT2D eigenvalue weighted by Crippen LogP contribution is 2.34. The van der Waals surface area contributed by atoms with Gasteiger partial charge in [-0.1, -0.05) is 27.5 Å². The van der Waals surface area contributed by atoms with Crippen molar-refractivity contribution in [1.29, 1.82) is 0 Å². The molecule has 0 saturated heterocycles. The summed E-state index contributed by atoms with van der Waals surface area (Å²) in [4.78, 5) is 0. The Balaban J connectivity index is 2.33. The third kappa shape index (κ3) is 3.25. The molecule has 0 atom stereocenters. The van der Waals surface area contributed by atoms with Crippen molar-refractivity contribution in [1.82, 2.24) is 0 Å². The fourth-order valence-electron chi connectivity index (χ4n) is 1.43. The SMILES string of the molecule is Fc1ccc(Oc2ccc(Cl)cc2Br)c(CBr)c1. The Morgan fingerprint density at radius 3 is 2.50 bits per heavy atom. The summed E-state index contributed by atoms with van der Waals surface area (Å²) in [6, 6.07) is 9.65. The summed E-state index contributed by atoms with van der Waals surface area (Å²) in [6.07, 6.45) is 0. The van der Waals surface area contributed by atoms with Crippen LogP contribution in [-0.4, -0.2) is 0 Å². The zero-order valence-electron chi connectivity index (χ0n) is 9.09. The third-order valence-electron chi connectivity index (χ3n) is 2.28. The second kappa shape index (κ2) is 6.04. The first-order valence-electron chi connectivity index (χ1n) is 5.07. The average molecular weight is 394 g/mol. The fourth-order valence-corrected chi connectivity index (χ4v) is 2.63. The summed E-state index contributed by atoms with van der Waals surface area (Å²) >= 11 is 12.5. The summed E-state index contributed by atoms with van der Waals surface area (Å²) in [5, 5.41) is 1.14. The molecule has 2 rings (SSSR count). The van der Waals surface area contributed by atoms with Crippen molar-refractivity contribution < 1.29 is 9.13 Å². The molecule has 0 aliphatic carbocycles. The molecule has 0 spiro atoms. The number of rotatable bonds is 3. The number of benzene rings is 2. The van der Waals surface area contributed by atoms with Gasteiger partial charge in [-0.3, -0.25) is 0 Å². The van der Waals surface area contributed by atoms with Crippen LogP contribution in [0.1, 0.15) is 5.56 Å². The van der Waals surface area contributed by atoms with Crippen molar-refractivity contribution in [2.75, 3.05) is 0 Å². The lowest BCUT2D eigenvalue weighted by atomic mass is 10.2. The van der Waals surface area contributed by atoms with Crippen molar-refractivity contribution in [2.24, 2.45) is 0 Å². The molecule has 0 amide bonds. The van der Waals surface area contributed by atoms with Crippen LogP contribution in [-0.2, 0) is 5.33 Å². The van der Waals surface area contributed by atoms with E-state index in [0.29, 0.717) is 21.9 Å². The number of hydrogen-bond donors (Lipinski definition) is 0. The largest absolute Gasteiger partial charge is 0.456 e. The molecule has 0 unspecified atom stereocenters. The van der Waals surface area contributed by atoms with Gasteiger partial charge >= 0.3 is 0 Å². The molecule has 0 saturated carbocycles. The predicted molar refractivity (Wildman–Crippen MR) is 78.3 cm³/mol. The molecule has 0 radical (unpaired) electrons. The van der Waals surface area contributed by atoms with E-state index in [-0.39, 0.29) is 5.82 Å². The van der Waals surface area contributed by atoms with E-state index in [1.165, 1.54) is 12.1 Å². The summed E-state index contributed by atoms with van der Waals surface area (Å²) in [7, 11) is 0. The number of alkyl halides is 1. The van der Waals surface area contributed by atoms with Gasteiger partial charge < -0.3 is 4.74 Å². The molecule has 0 aromatic heterocycles. The quantitative estimate of drug-likeness (QED) is 0.587. The highest BCUT2D eigenvalue weighted by Gasteiger charge is 2.08. The molecule has 94 valence electrons. The van der Waals surface area contributed by atoms with E-state index in [1.54, 1.807) is 24.3 Å². The van der Waals surface area contributed by atoms with Gasteiger partial charge in [0, 0.05) is 15.9 Å². The average Bonchev–Trinajstić information content (AvgIpc) is 2.34. The lowest BCUT2D eigenvalue weighted by Crippen LogP contribution is -1.91. The fraction of sp³-hybridized carbons (Fsp3) is 0.0769. The Morgan fingerprint density at radius 2 is 1.83 bits per heavy atom. The van der Waals surface area contributed by atoms with E-state index in [4.69, 9.17) is 16.3 Å². The molecular formula is C13H8Br2ClFO. The second-order valence-electron chi connectivity index (χ2n) is 3.56. The molecule has 0 aliphatic heterocycles. The predicted octanol–water partition coefficient (Wildman–Crippen LogP) is 5.93. The molecule has 0 aliphatic rings. The van der Waals surface area contributed by atoms with Crippen LogP contribution in [0.2, 0.25) is 5.02 Å². The molecule has 0 fully saturated rings. The molecule has 0 heterocycles. The summed E-state index contributed by atoms with van der Waals surface area (Å²) in [6.45, 7) is 0. The van der Waals surface area contributed by atoms with Gasteiger partial charge in [0.1, 0.15) is 17.3 Å². The maximum Gasteiger partial charge on any atom is 0.141 e. The molecule has 2 aromatic rings. The molecule has 5 heteroatoms. The Morgan fingerprint density at radius 1 is 1.11 bits per heavy atom. The molecule has 0 N–H and O–H groups in total. The summed E-state index contributed by atoms with van der Waals surface area (Å²) < 4.78 is 19.6. The van der Waals surface area contributed by atoms with Crippen LogP contribution in [0.4, 0.5) is 4.39 Å². The van der Waals surface area contributed by atoms with Crippen LogP contribution in [0, 0.1) is 5.82 Å². The smallest absolute Gasteiger partial charge is 0.141 e. The molecule has 18 heavy (non-hydrogen) atoms. The van der Waals surface area contributed by atoms with Gasteiger partial charge in [0.15, 0.2) is 0 Å². The van der Waals surface area contributed by atoms with Crippen LogP contribution in [0.15, 0.2) is 40.9 Å². The first kappa shape index (κ1) is 13.8. The van der Waals surface area contributed by atoms with Crippen molar-refractivity contribution in [3.8, 4) is 11.5 Å². The van der Waals surface area contributed by atoms with E-state index < -0.39 is 0 Å². The van der Waals surface area contributed by atoms with Gasteiger partial charge in [-0.15, -0.1) is 0 Å². The number of ether oxygens (including phenoxy) is 1. The number of hydrogen-bond acceptors (Lipinski definition) is 1. The Hall–Kier alpha value is -0.580. The first-order chi connectivity index (χ1) is 8.60. The van der Waals surface area contributed by atoms with Gasteiger partial charge in [0.05, 0.1) is 4.47 Å². The minimum atomic E-state index is -0.285. The zero-order chi connectivity index (χ0) is 13.1. The van der Waals surface area contributed by atoms with Gasteiger partial charge in [-0.25, -0.2) is 4.39 Å². The Kier molecular flexibility index (Phi) is 4.65. The third-order valence-corrected chi connectivity index (χ3v) is 3.74. The Labute approximate surface area is 126 Å². The van der Waals surface area contributed by atoms with Crippen LogP contribution in [0.3, 0.4) is 0 Å². The molecular weight excluding hydrogens is 386 g/mol. The van der Waals surface area contributed by atoms with Crippen molar-refractivity contribution in [3.63, 3.8) is 0 Å². The maximum absolute atomic E-state index is 13.1. The zero-order valence-corrected chi connectivity index (χ0v) is 13.0. The molecule has 0 bridgehead atoms. The minimum Gasteiger partial charge on any atom is -0.456 e. The maximum atomic E-state index is 13.1. The van der Waals surface area contributed by atoms with Crippen molar-refractivity contribution >= 4 is 43.5 Å². The summed E-state index contributed by atoms with van der Waals surface area (Å²) in [5.74, 6) is 0.955. The van der Waals surface area contributed by atoms with E-state index in [0.717, 1.165) is 10.0 Å². The van der Waals surface area contributed by atoms with Gasteiger partial charge in [0.2, 0.25) is 0 Å². The van der Waals surface area contributed by atoms with E-state index in [9.17, 15) is 4.39 Å². The standard InChI is InChI=1S/C13H8Br2ClFO/c14-7-8-5-10(17)2-4-12(8)18-13-3-1-9(16)6-11(13)15/h1-6H,7H2. The lowest BCUT2D eigenvalue weighted by Gasteiger charge is -2.11. The van der Waals surface area contributed by atoms with E-state index in [2.05, 4.69) is 31.9 Å². The minimum absolute atomic E-state index is 0.285. The number of halogens is 4. The summed E-state index contributed by atoms with van der Waals surface area (Å²) in [5.41, 5.74) is 0.747. The van der Waals surface area contributed by atoms with Crippen molar-refractivity contribution in [3.05, 3.63) is 57.3 Å². The van der Waals surface area contributed by atoms with Gasteiger partial charge in [0.25, 0.3) is 0 Å². The van der Waals surface area contributed by atoms with E-state index in [1.807, 2.05) is 0 Å². The van der Waals surface area contributed by atoms with Crippen LogP contribution in [0.5, 0.6) is 11.5 Å². The Bertz CT molecular complexity index is 575. The molecule has 1 nitrogen and oxygen atoms in total. The topological polar surface area (TPSA) is 9.23 Å². The molecule has 2 aromatic carbocycles. The van der Waals surface area contributed by atoms with E-state index >= 15 is 0 Å². The van der Waals surface area contributed by atoms with Gasteiger partial charge in [-0.2, -0.15) is 0 Å². The highest BCUT2D eigenvalue weighted by molar-refractivity contribution is 9.10. The van der Waals surface area contributed by atoms with Crippen LogP contribution in [0.25, 0.3) is 0 Å². The lowest BCUT2D eigenvalue weighted by molar-refractivity contribution is 0.473. The second-order valence-corrected chi connectivity index (χ2v) is 5.41. The first-order valence-corrected chi connectivity index (χ1v) is 7.36. The monoisotopic (exact) mass is 392 g/mol.